The van der Waals surface area contributed by atoms with Crippen molar-refractivity contribution in [2.24, 2.45) is 0 Å². The topological polar surface area (TPSA) is 58.2 Å². The predicted molar refractivity (Wildman–Crippen MR) is 112 cm³/mol. The lowest BCUT2D eigenvalue weighted by molar-refractivity contribution is -0.124. The molecule has 1 atom stereocenters. The first kappa shape index (κ1) is 20.1. The Labute approximate surface area is 173 Å². The van der Waals surface area contributed by atoms with Crippen molar-refractivity contribution >= 4 is 52.5 Å². The van der Waals surface area contributed by atoms with E-state index in [2.05, 4.69) is 10.6 Å². The summed E-state index contributed by atoms with van der Waals surface area (Å²) in [5.41, 5.74) is 1.47. The van der Waals surface area contributed by atoms with Crippen LogP contribution in [0.25, 0.3) is 0 Å². The minimum atomic E-state index is -0.465. The molecule has 4 nitrogen and oxygen atoms in total. The van der Waals surface area contributed by atoms with Crippen molar-refractivity contribution in [3.05, 3.63) is 58.1 Å². The minimum Gasteiger partial charge on any atom is -0.355 e. The summed E-state index contributed by atoms with van der Waals surface area (Å²) in [5.74, 6) is -0.339. The van der Waals surface area contributed by atoms with Crippen molar-refractivity contribution in [1.29, 1.82) is 0 Å². The first-order chi connectivity index (χ1) is 12.7. The minimum absolute atomic E-state index is 0.115. The SMILES string of the molecule is CC(C)(CNC(=O)CC1Sc2ccc(Cl)cc2NC1=O)c1cccc(Cl)c1. The third-order valence-electron chi connectivity index (χ3n) is 4.47. The molecule has 1 heterocycles. The fraction of sp³-hybridized carbons (Fsp3) is 0.300. The number of rotatable bonds is 5. The first-order valence-electron chi connectivity index (χ1n) is 8.54. The summed E-state index contributed by atoms with van der Waals surface area (Å²) in [6.45, 7) is 4.54. The van der Waals surface area contributed by atoms with E-state index in [0.717, 1.165) is 10.5 Å². The molecule has 0 aliphatic carbocycles. The Morgan fingerprint density at radius 2 is 1.93 bits per heavy atom. The Morgan fingerprint density at radius 1 is 1.19 bits per heavy atom. The summed E-state index contributed by atoms with van der Waals surface area (Å²) in [6, 6.07) is 13.0. The van der Waals surface area contributed by atoms with E-state index < -0.39 is 5.25 Å². The molecule has 142 valence electrons. The lowest BCUT2D eigenvalue weighted by atomic mass is 9.84. The van der Waals surface area contributed by atoms with Gasteiger partial charge in [0.25, 0.3) is 0 Å². The number of amides is 2. The van der Waals surface area contributed by atoms with Gasteiger partial charge in [-0.15, -0.1) is 11.8 Å². The number of halogens is 2. The van der Waals surface area contributed by atoms with Gasteiger partial charge < -0.3 is 10.6 Å². The van der Waals surface area contributed by atoms with Crippen LogP contribution >= 0.6 is 35.0 Å². The largest absolute Gasteiger partial charge is 0.355 e. The third kappa shape index (κ3) is 4.98. The number of hydrogen-bond donors (Lipinski definition) is 2. The zero-order valence-electron chi connectivity index (χ0n) is 15.0. The van der Waals surface area contributed by atoms with Crippen LogP contribution in [-0.2, 0) is 15.0 Å². The van der Waals surface area contributed by atoms with Crippen molar-refractivity contribution in [3.8, 4) is 0 Å². The Hall–Kier alpha value is -1.69. The summed E-state index contributed by atoms with van der Waals surface area (Å²) < 4.78 is 0. The van der Waals surface area contributed by atoms with Gasteiger partial charge in [0.15, 0.2) is 0 Å². The molecule has 27 heavy (non-hydrogen) atoms. The van der Waals surface area contributed by atoms with Crippen LogP contribution in [0.4, 0.5) is 5.69 Å². The van der Waals surface area contributed by atoms with Crippen LogP contribution in [0.2, 0.25) is 10.0 Å². The van der Waals surface area contributed by atoms with Crippen molar-refractivity contribution in [2.45, 2.75) is 35.8 Å². The second-order valence-corrected chi connectivity index (χ2v) is 9.23. The fourth-order valence-electron chi connectivity index (χ4n) is 2.83. The Balaban J connectivity index is 1.59. The second-order valence-electron chi connectivity index (χ2n) is 7.11. The zero-order chi connectivity index (χ0) is 19.6. The van der Waals surface area contributed by atoms with Gasteiger partial charge in [-0.05, 0) is 35.9 Å². The molecule has 0 aromatic heterocycles. The molecule has 3 rings (SSSR count). The average Bonchev–Trinajstić information content (AvgIpc) is 2.61. The second kappa shape index (κ2) is 8.13. The van der Waals surface area contributed by atoms with E-state index in [9.17, 15) is 9.59 Å². The number of anilines is 1. The van der Waals surface area contributed by atoms with Gasteiger partial charge >= 0.3 is 0 Å². The summed E-state index contributed by atoms with van der Waals surface area (Å²) in [7, 11) is 0. The quantitative estimate of drug-likeness (QED) is 0.720. The average molecular weight is 423 g/mol. The van der Waals surface area contributed by atoms with Crippen molar-refractivity contribution in [1.82, 2.24) is 5.32 Å². The maximum Gasteiger partial charge on any atom is 0.238 e. The van der Waals surface area contributed by atoms with Gasteiger partial charge in [-0.25, -0.2) is 0 Å². The van der Waals surface area contributed by atoms with Crippen molar-refractivity contribution in [2.75, 3.05) is 11.9 Å². The predicted octanol–water partition coefficient (Wildman–Crippen LogP) is 4.89. The summed E-state index contributed by atoms with van der Waals surface area (Å²) in [6.07, 6.45) is 0.115. The highest BCUT2D eigenvalue weighted by atomic mass is 35.5. The zero-order valence-corrected chi connectivity index (χ0v) is 17.3. The Morgan fingerprint density at radius 3 is 2.67 bits per heavy atom. The van der Waals surface area contributed by atoms with Crippen LogP contribution in [0.1, 0.15) is 25.8 Å². The molecule has 2 aromatic carbocycles. The molecule has 1 aliphatic heterocycles. The normalized spacial score (nSPS) is 16.4. The lowest BCUT2D eigenvalue weighted by Crippen LogP contribution is -2.40. The number of fused-ring (bicyclic) bond motifs is 1. The Kier molecular flexibility index (Phi) is 6.04. The fourth-order valence-corrected chi connectivity index (χ4v) is 4.28. The van der Waals surface area contributed by atoms with Crippen LogP contribution in [0, 0.1) is 0 Å². The molecule has 1 aliphatic rings. The highest BCUT2D eigenvalue weighted by Gasteiger charge is 2.30. The molecule has 0 radical (unpaired) electrons. The van der Waals surface area contributed by atoms with Crippen LogP contribution < -0.4 is 10.6 Å². The molecule has 0 saturated carbocycles. The van der Waals surface area contributed by atoms with E-state index in [1.807, 2.05) is 44.2 Å². The smallest absolute Gasteiger partial charge is 0.238 e. The van der Waals surface area contributed by atoms with Crippen molar-refractivity contribution < 1.29 is 9.59 Å². The van der Waals surface area contributed by atoms with Crippen LogP contribution in [0.15, 0.2) is 47.4 Å². The standard InChI is InChI=1S/C20H20Cl2N2O2S/c1-20(2,12-4-3-5-13(21)8-12)11-23-18(25)10-17-19(26)24-15-9-14(22)6-7-16(15)27-17/h3-9,17H,10-11H2,1-2H3,(H,23,25)(H,24,26). The molecular weight excluding hydrogens is 403 g/mol. The molecular formula is C20H20Cl2N2O2S. The lowest BCUT2D eigenvalue weighted by Gasteiger charge is -2.27. The van der Waals surface area contributed by atoms with Crippen LogP contribution in [0.5, 0.6) is 0 Å². The van der Waals surface area contributed by atoms with E-state index in [-0.39, 0.29) is 23.7 Å². The maximum absolute atomic E-state index is 12.4. The number of carbonyl (C=O) groups excluding carboxylic acids is 2. The first-order valence-corrected chi connectivity index (χ1v) is 10.2. The third-order valence-corrected chi connectivity index (χ3v) is 6.21. The number of benzene rings is 2. The summed E-state index contributed by atoms with van der Waals surface area (Å²) in [4.78, 5) is 25.6. The molecule has 0 bridgehead atoms. The number of hydrogen-bond acceptors (Lipinski definition) is 3. The molecule has 0 saturated heterocycles. The highest BCUT2D eigenvalue weighted by molar-refractivity contribution is 8.01. The van der Waals surface area contributed by atoms with Crippen LogP contribution in [0.3, 0.4) is 0 Å². The Bertz CT molecular complexity index is 886. The van der Waals surface area contributed by atoms with E-state index >= 15 is 0 Å². The molecule has 0 spiro atoms. The van der Waals surface area contributed by atoms with E-state index in [4.69, 9.17) is 23.2 Å². The molecule has 1 unspecified atom stereocenters. The van der Waals surface area contributed by atoms with Gasteiger partial charge in [0, 0.05) is 33.3 Å². The molecule has 2 aromatic rings. The maximum atomic E-state index is 12.4. The van der Waals surface area contributed by atoms with E-state index in [1.165, 1.54) is 11.8 Å². The number of nitrogens with one attached hydrogen (secondary N) is 2. The molecule has 0 fully saturated rings. The number of carbonyl (C=O) groups is 2. The molecule has 2 amide bonds. The van der Waals surface area contributed by atoms with Crippen molar-refractivity contribution in [3.63, 3.8) is 0 Å². The van der Waals surface area contributed by atoms with Gasteiger partial charge in [-0.3, -0.25) is 9.59 Å². The van der Waals surface area contributed by atoms with Gasteiger partial charge in [0.05, 0.1) is 10.9 Å². The van der Waals surface area contributed by atoms with Gasteiger partial charge in [-0.2, -0.15) is 0 Å². The number of thioether (sulfide) groups is 1. The van der Waals surface area contributed by atoms with E-state index in [1.54, 1.807) is 12.1 Å². The van der Waals surface area contributed by atoms with Gasteiger partial charge in [0.2, 0.25) is 11.8 Å². The van der Waals surface area contributed by atoms with Gasteiger partial charge in [0.1, 0.15) is 0 Å². The summed E-state index contributed by atoms with van der Waals surface area (Å²) in [5, 5.41) is 6.53. The van der Waals surface area contributed by atoms with Gasteiger partial charge in [-0.1, -0.05) is 49.2 Å². The molecule has 2 N–H and O–H groups in total. The summed E-state index contributed by atoms with van der Waals surface area (Å²) >= 11 is 13.4. The monoisotopic (exact) mass is 422 g/mol. The highest BCUT2D eigenvalue weighted by Crippen LogP contribution is 2.38. The van der Waals surface area contributed by atoms with Crippen LogP contribution in [-0.4, -0.2) is 23.6 Å². The molecule has 7 heteroatoms. The van der Waals surface area contributed by atoms with E-state index in [0.29, 0.717) is 22.3 Å².